The Morgan fingerprint density at radius 3 is 1.48 bits per heavy atom. The second kappa shape index (κ2) is 43.0. The molecule has 65 heavy (non-hydrogen) atoms. The zero-order chi connectivity index (χ0) is 47.6. The van der Waals surface area contributed by atoms with Gasteiger partial charge in [-0.25, -0.2) is 0 Å². The zero-order valence-corrected chi connectivity index (χ0v) is 44.5. The van der Waals surface area contributed by atoms with Gasteiger partial charge in [0.1, 0.15) is 19.0 Å². The number of amides is 1. The van der Waals surface area contributed by atoms with Gasteiger partial charge in [-0.3, -0.25) is 9.59 Å². The van der Waals surface area contributed by atoms with Crippen molar-refractivity contribution in [1.29, 1.82) is 0 Å². The number of hydrogen-bond donors (Lipinski definition) is 3. The first-order valence-corrected chi connectivity index (χ1v) is 31.5. The van der Waals surface area contributed by atoms with E-state index < -0.39 is 45.0 Å². The third-order valence-corrected chi connectivity index (χ3v) is 14.9. The van der Waals surface area contributed by atoms with Crippen molar-refractivity contribution in [3.05, 3.63) is 0 Å². The minimum absolute atomic E-state index is 0.00683. The van der Waals surface area contributed by atoms with Gasteiger partial charge in [-0.15, -0.1) is 0 Å². The van der Waals surface area contributed by atoms with Crippen LogP contribution in [0.2, 0.25) is 25.7 Å². The van der Waals surface area contributed by atoms with Crippen LogP contribution in [-0.4, -0.2) is 99.9 Å². The first-order valence-electron chi connectivity index (χ1n) is 27.7. The molecule has 1 rings (SSSR count). The fourth-order valence-electron chi connectivity index (χ4n) is 8.79. The van der Waals surface area contributed by atoms with Crippen molar-refractivity contribution in [2.45, 2.75) is 301 Å². The molecule has 0 aromatic carbocycles. The summed E-state index contributed by atoms with van der Waals surface area (Å²) in [7, 11) is -1.24. The number of hydrogen-bond acceptors (Lipinski definition) is 9. The van der Waals surface area contributed by atoms with Gasteiger partial charge in [-0.1, -0.05) is 227 Å². The number of carbonyl (C=O) groups excluding carboxylic acids is 2. The molecule has 0 aromatic heterocycles. The van der Waals surface area contributed by atoms with Gasteiger partial charge in [-0.05, 0) is 25.3 Å². The number of ether oxygens (including phenoxy) is 5. The molecule has 11 heteroatoms. The normalized spacial score (nSPS) is 18.8. The highest BCUT2D eigenvalue weighted by Gasteiger charge is 2.43. The highest BCUT2D eigenvalue weighted by atomic mass is 28.3. The fraction of sp³-hybridized carbons (Fsp3) is 0.963. The number of esters is 1. The lowest BCUT2D eigenvalue weighted by atomic mass is 9.97. The van der Waals surface area contributed by atoms with Crippen molar-refractivity contribution in [1.82, 2.24) is 5.32 Å². The van der Waals surface area contributed by atoms with E-state index in [1.54, 1.807) is 0 Å². The Hall–Kier alpha value is -1.08. The first-order chi connectivity index (χ1) is 31.5. The van der Waals surface area contributed by atoms with Crippen LogP contribution in [0.4, 0.5) is 0 Å². The van der Waals surface area contributed by atoms with Crippen LogP contribution >= 0.6 is 0 Å². The fourth-order valence-corrected chi connectivity index (χ4v) is 9.55. The topological polar surface area (TPSA) is 133 Å². The van der Waals surface area contributed by atoms with Gasteiger partial charge in [0.05, 0.1) is 44.3 Å². The summed E-state index contributed by atoms with van der Waals surface area (Å²) in [6.45, 7) is 14.7. The van der Waals surface area contributed by atoms with Crippen molar-refractivity contribution in [3.8, 4) is 0 Å². The smallest absolute Gasteiger partial charge is 0.308 e. The van der Waals surface area contributed by atoms with E-state index in [0.29, 0.717) is 13.2 Å². The minimum Gasteiger partial charge on any atom is -0.457 e. The van der Waals surface area contributed by atoms with Crippen LogP contribution in [0.15, 0.2) is 0 Å². The van der Waals surface area contributed by atoms with Crippen molar-refractivity contribution in [3.63, 3.8) is 0 Å². The molecule has 3 N–H and O–H groups in total. The number of aliphatic hydroxyl groups excluding tert-OH is 2. The molecule has 0 bridgehead atoms. The van der Waals surface area contributed by atoms with Crippen LogP contribution < -0.4 is 5.32 Å². The summed E-state index contributed by atoms with van der Waals surface area (Å²) in [6, 6.07) is 0.271. The highest BCUT2D eigenvalue weighted by molar-refractivity contribution is 6.76. The molecule has 0 aromatic rings. The van der Waals surface area contributed by atoms with Crippen LogP contribution in [0.25, 0.3) is 0 Å². The van der Waals surface area contributed by atoms with Crippen molar-refractivity contribution < 1.29 is 43.5 Å². The Morgan fingerprint density at radius 2 is 1.03 bits per heavy atom. The molecule has 10 nitrogen and oxygen atoms in total. The Labute approximate surface area is 401 Å². The molecule has 1 unspecified atom stereocenters. The molecule has 1 heterocycles. The monoisotopic (exact) mass is 942 g/mol. The van der Waals surface area contributed by atoms with E-state index in [1.165, 1.54) is 154 Å². The number of nitrogens with one attached hydrogen (secondary N) is 1. The molecule has 0 radical (unpaired) electrons. The third kappa shape index (κ3) is 36.6. The van der Waals surface area contributed by atoms with Gasteiger partial charge in [0.2, 0.25) is 5.91 Å². The van der Waals surface area contributed by atoms with Crippen LogP contribution in [0.3, 0.4) is 0 Å². The molecule has 6 atom stereocenters. The molecule has 0 saturated carbocycles. The quantitative estimate of drug-likeness (QED) is 0.0236. The molecular weight excluding hydrogens is 835 g/mol. The Bertz CT molecular complexity index is 1080. The zero-order valence-electron chi connectivity index (χ0n) is 43.5. The summed E-state index contributed by atoms with van der Waals surface area (Å²) in [5, 5.41) is 24.3. The first kappa shape index (κ1) is 61.9. The van der Waals surface area contributed by atoms with Crippen molar-refractivity contribution >= 4 is 20.0 Å². The number of unbranched alkanes of at least 4 members (excludes halogenated alkanes) is 27. The molecule has 1 saturated heterocycles. The highest BCUT2D eigenvalue weighted by Crippen LogP contribution is 2.23. The molecule has 1 amide bonds. The van der Waals surface area contributed by atoms with E-state index in [4.69, 9.17) is 23.7 Å². The standard InChI is InChI=1S/C54H107NO9Si/c1-7-10-13-16-19-22-23-24-27-30-33-36-39-61-48(38-35-32-29-26-21-18-15-12-9-3)43-52(58)64-54-49(45-62-50(44-56)53(54)59)55-51(57)42-47(63-46-60-40-41-65(4,5)6)37-34-31-28-25-20-17-14-11-8-2/h47-50,53-54,56,59H,7-46H2,1-6H3,(H,55,57)/t47-,48?,49+,50-,53-,54-/m1/s1. The van der Waals surface area contributed by atoms with Gasteiger partial charge >= 0.3 is 5.97 Å². The predicted octanol–water partition coefficient (Wildman–Crippen LogP) is 13.5. The van der Waals surface area contributed by atoms with Crippen LogP contribution in [0.1, 0.15) is 239 Å². The Balaban J connectivity index is 2.81. The van der Waals surface area contributed by atoms with Gasteiger partial charge in [0.15, 0.2) is 6.10 Å². The maximum atomic E-state index is 13.7. The number of aliphatic hydroxyl groups is 2. The van der Waals surface area contributed by atoms with E-state index >= 15 is 0 Å². The largest absolute Gasteiger partial charge is 0.457 e. The van der Waals surface area contributed by atoms with E-state index in [0.717, 1.165) is 57.4 Å². The molecule has 0 spiro atoms. The van der Waals surface area contributed by atoms with Gasteiger partial charge in [-0.2, -0.15) is 0 Å². The Kier molecular flexibility index (Phi) is 40.9. The SMILES string of the molecule is CCCCCCCCCCCCCCOC(CCCCCCCCCCC)CC(=O)O[C@H]1[C@H](O)[C@@H](CO)OC[C@@H]1NC(=O)C[C@@H](CCCCCCCCCCC)OCOCC[Si](C)(C)C. The number of carbonyl (C=O) groups is 2. The average Bonchev–Trinajstić information content (AvgIpc) is 3.27. The third-order valence-electron chi connectivity index (χ3n) is 13.2. The summed E-state index contributed by atoms with van der Waals surface area (Å²) in [4.78, 5) is 27.4. The molecule has 1 aliphatic rings. The van der Waals surface area contributed by atoms with E-state index in [-0.39, 0.29) is 44.4 Å². The summed E-state index contributed by atoms with van der Waals surface area (Å²) >= 11 is 0. The minimum atomic E-state index is -1.30. The van der Waals surface area contributed by atoms with Crippen molar-refractivity contribution in [2.24, 2.45) is 0 Å². The number of rotatable bonds is 47. The summed E-state index contributed by atoms with van der Waals surface area (Å²) < 4.78 is 30.2. The van der Waals surface area contributed by atoms with E-state index in [1.807, 2.05) is 0 Å². The Morgan fingerprint density at radius 1 is 0.600 bits per heavy atom. The second-order valence-corrected chi connectivity index (χ2v) is 26.4. The molecule has 386 valence electrons. The lowest BCUT2D eigenvalue weighted by molar-refractivity contribution is -0.193. The average molecular weight is 943 g/mol. The maximum absolute atomic E-state index is 13.7. The van der Waals surface area contributed by atoms with Crippen LogP contribution in [-0.2, 0) is 33.3 Å². The van der Waals surface area contributed by atoms with Crippen LogP contribution in [0, 0.1) is 0 Å². The maximum Gasteiger partial charge on any atom is 0.308 e. The predicted molar refractivity (Wildman–Crippen MR) is 272 cm³/mol. The van der Waals surface area contributed by atoms with Gasteiger partial charge in [0.25, 0.3) is 0 Å². The second-order valence-electron chi connectivity index (χ2n) is 20.8. The molecule has 1 fully saturated rings. The summed E-state index contributed by atoms with van der Waals surface area (Å²) in [6.07, 6.45) is 35.2. The van der Waals surface area contributed by atoms with Crippen LogP contribution in [0.5, 0.6) is 0 Å². The summed E-state index contributed by atoms with van der Waals surface area (Å²) in [5.74, 6) is -0.726. The van der Waals surface area contributed by atoms with Gasteiger partial charge < -0.3 is 39.2 Å². The lowest BCUT2D eigenvalue weighted by Gasteiger charge is -2.39. The lowest BCUT2D eigenvalue weighted by Crippen LogP contribution is -2.61. The molecule has 0 aliphatic carbocycles. The summed E-state index contributed by atoms with van der Waals surface area (Å²) in [5.41, 5.74) is 0. The van der Waals surface area contributed by atoms with Gasteiger partial charge in [0, 0.05) is 21.3 Å². The molecule has 1 aliphatic heterocycles. The van der Waals surface area contributed by atoms with E-state index in [9.17, 15) is 19.8 Å². The van der Waals surface area contributed by atoms with Crippen molar-refractivity contribution in [2.75, 3.05) is 33.2 Å². The van der Waals surface area contributed by atoms with E-state index in [2.05, 4.69) is 45.7 Å². The molecular formula is C54H107NO9Si.